The highest BCUT2D eigenvalue weighted by molar-refractivity contribution is 5.79. The minimum Gasteiger partial charge on any atom is -0.373 e. The van der Waals surface area contributed by atoms with Crippen molar-refractivity contribution in [1.82, 2.24) is 15.3 Å². The number of halogens is 7. The number of amides is 1. The van der Waals surface area contributed by atoms with Crippen molar-refractivity contribution >= 4 is 5.91 Å². The van der Waals surface area contributed by atoms with E-state index in [9.17, 15) is 35.9 Å². The van der Waals surface area contributed by atoms with Gasteiger partial charge < -0.3 is 15.0 Å². The molecule has 1 aliphatic rings. The molecule has 1 fully saturated rings. The number of alkyl halides is 3. The van der Waals surface area contributed by atoms with Crippen LogP contribution in [0.25, 0.3) is 11.4 Å². The first kappa shape index (κ1) is 27.3. The third-order valence-electron chi connectivity index (χ3n) is 6.18. The predicted octanol–water partition coefficient (Wildman–Crippen LogP) is 4.93. The molecule has 0 aliphatic heterocycles. The van der Waals surface area contributed by atoms with Gasteiger partial charge in [0.1, 0.15) is 11.6 Å². The highest BCUT2D eigenvalue weighted by Crippen LogP contribution is 2.38. The summed E-state index contributed by atoms with van der Waals surface area (Å²) >= 11 is 0. The number of nitrogens with zero attached hydrogens (tertiary/aromatic N) is 1. The first-order valence-corrected chi connectivity index (χ1v) is 11.3. The van der Waals surface area contributed by atoms with E-state index in [4.69, 9.17) is 4.74 Å². The Kier molecular flexibility index (Phi) is 7.58. The largest absolute Gasteiger partial charge is 0.417 e. The van der Waals surface area contributed by atoms with Crippen LogP contribution in [0.3, 0.4) is 0 Å². The molecule has 6 nitrogen and oxygen atoms in total. The molecule has 4 rings (SSSR count). The Morgan fingerprint density at radius 3 is 2.42 bits per heavy atom. The molecule has 1 heterocycles. The average molecular weight is 543 g/mol. The summed E-state index contributed by atoms with van der Waals surface area (Å²) in [4.78, 5) is 29.6. The molecule has 202 valence electrons. The van der Waals surface area contributed by atoms with Crippen molar-refractivity contribution in [3.63, 3.8) is 0 Å². The lowest BCUT2D eigenvalue weighted by Gasteiger charge is -2.34. The minimum absolute atomic E-state index is 0.00867. The summed E-state index contributed by atoms with van der Waals surface area (Å²) < 4.78 is 101. The molecule has 0 saturated heterocycles. The van der Waals surface area contributed by atoms with E-state index in [1.165, 1.54) is 6.07 Å². The molecule has 0 bridgehead atoms. The van der Waals surface area contributed by atoms with E-state index in [0.717, 1.165) is 25.1 Å². The number of H-pyrrole nitrogens is 1. The van der Waals surface area contributed by atoms with Gasteiger partial charge in [-0.3, -0.25) is 9.59 Å². The zero-order valence-corrected chi connectivity index (χ0v) is 19.7. The molecule has 2 aromatic carbocycles. The van der Waals surface area contributed by atoms with Crippen LogP contribution in [0.5, 0.6) is 0 Å². The first-order chi connectivity index (χ1) is 17.8. The molecule has 1 amide bonds. The molecule has 0 atom stereocenters. The highest BCUT2D eigenvalue weighted by Gasteiger charge is 2.38. The second-order valence-corrected chi connectivity index (χ2v) is 8.84. The quantitative estimate of drug-likeness (QED) is 0.414. The number of hydrogen-bond donors (Lipinski definition) is 2. The van der Waals surface area contributed by atoms with Crippen LogP contribution in [0.2, 0.25) is 0 Å². The number of benzene rings is 2. The fourth-order valence-corrected chi connectivity index (χ4v) is 4.00. The molecular formula is C25H20F7N3O3. The van der Waals surface area contributed by atoms with Gasteiger partial charge in [-0.1, -0.05) is 12.1 Å². The van der Waals surface area contributed by atoms with Gasteiger partial charge in [0, 0.05) is 18.0 Å². The predicted molar refractivity (Wildman–Crippen MR) is 119 cm³/mol. The van der Waals surface area contributed by atoms with Gasteiger partial charge in [0.05, 0.1) is 29.5 Å². The van der Waals surface area contributed by atoms with E-state index in [-0.39, 0.29) is 18.3 Å². The molecule has 1 aliphatic carbocycles. The lowest BCUT2D eigenvalue weighted by Crippen LogP contribution is -2.42. The number of aryl methyl sites for hydroxylation is 1. The number of ether oxygens (including phenoxy) is 1. The Bertz CT molecular complexity index is 1430. The zero-order valence-electron chi connectivity index (χ0n) is 19.7. The topological polar surface area (TPSA) is 84.1 Å². The maximum atomic E-state index is 15.3. The number of carbonyl (C=O) groups is 1. The van der Waals surface area contributed by atoms with Gasteiger partial charge in [0.25, 0.3) is 5.56 Å². The first-order valence-electron chi connectivity index (χ1n) is 11.3. The van der Waals surface area contributed by atoms with Crippen LogP contribution in [0.4, 0.5) is 30.7 Å². The molecule has 1 aromatic heterocycles. The van der Waals surface area contributed by atoms with Gasteiger partial charge in [-0.25, -0.2) is 18.2 Å². The zero-order chi connectivity index (χ0) is 27.8. The van der Waals surface area contributed by atoms with Gasteiger partial charge in [0.2, 0.25) is 11.7 Å². The summed E-state index contributed by atoms with van der Waals surface area (Å²) in [6.07, 6.45) is -4.73. The second kappa shape index (κ2) is 10.6. The van der Waals surface area contributed by atoms with E-state index in [1.807, 2.05) is 4.98 Å². The normalized spacial score (nSPS) is 17.3. The van der Waals surface area contributed by atoms with Crippen LogP contribution >= 0.6 is 0 Å². The average Bonchev–Trinajstić information content (AvgIpc) is 2.81. The Morgan fingerprint density at radius 2 is 1.79 bits per heavy atom. The summed E-state index contributed by atoms with van der Waals surface area (Å²) in [6, 6.07) is 4.78. The van der Waals surface area contributed by atoms with Crippen LogP contribution in [0, 0.1) is 36.1 Å². The SMILES string of the molecule is Cc1nc(-c2c(C(F)(F)F)ccc(CNC(=O)[C@H]3C[C@H](OCc4ccc(F)c(F)c4)C3)c2F)[nH]c(=O)c1F. The number of aromatic amines is 1. The summed E-state index contributed by atoms with van der Waals surface area (Å²) in [5, 5.41) is 2.46. The fourth-order valence-electron chi connectivity index (χ4n) is 4.00. The Morgan fingerprint density at radius 1 is 1.08 bits per heavy atom. The summed E-state index contributed by atoms with van der Waals surface area (Å²) in [6.45, 7) is 0.600. The third-order valence-corrected chi connectivity index (χ3v) is 6.18. The summed E-state index contributed by atoms with van der Waals surface area (Å²) in [5.74, 6) is -6.46. The fraction of sp³-hybridized carbons (Fsp3) is 0.320. The molecule has 13 heteroatoms. The molecule has 0 radical (unpaired) electrons. The van der Waals surface area contributed by atoms with Crippen LogP contribution < -0.4 is 10.9 Å². The lowest BCUT2D eigenvalue weighted by atomic mass is 9.81. The van der Waals surface area contributed by atoms with Gasteiger partial charge in [-0.05, 0) is 43.5 Å². The summed E-state index contributed by atoms with van der Waals surface area (Å²) in [7, 11) is 0. The lowest BCUT2D eigenvalue weighted by molar-refractivity contribution is -0.137. The van der Waals surface area contributed by atoms with Gasteiger partial charge in [0.15, 0.2) is 11.6 Å². The van der Waals surface area contributed by atoms with Crippen LogP contribution in [0.1, 0.15) is 35.2 Å². The van der Waals surface area contributed by atoms with E-state index < -0.39 is 76.0 Å². The second-order valence-electron chi connectivity index (χ2n) is 8.84. The molecule has 2 N–H and O–H groups in total. The number of rotatable bonds is 7. The Hall–Kier alpha value is -3.74. The standard InChI is InChI=1S/C25H20F7N3O3/c1-11-20(28)24(37)35-22(34-11)19-16(25(30,31)32)4-3-13(21(19)29)9-33-23(36)14-7-15(8-14)38-10-12-2-5-17(26)18(27)6-12/h2-6,14-15H,7-10H2,1H3,(H,33,36)(H,34,35,37)/t14-,15-. The van der Waals surface area contributed by atoms with Crippen molar-refractivity contribution in [2.45, 2.75) is 45.2 Å². The van der Waals surface area contributed by atoms with E-state index in [1.54, 1.807) is 0 Å². The number of nitrogens with one attached hydrogen (secondary N) is 2. The summed E-state index contributed by atoms with van der Waals surface area (Å²) in [5.41, 5.74) is -4.27. The molecule has 3 aromatic rings. The highest BCUT2D eigenvalue weighted by atomic mass is 19.4. The van der Waals surface area contributed by atoms with Gasteiger partial charge >= 0.3 is 6.18 Å². The molecule has 38 heavy (non-hydrogen) atoms. The van der Waals surface area contributed by atoms with E-state index in [0.29, 0.717) is 24.5 Å². The number of aromatic nitrogens is 2. The third kappa shape index (κ3) is 5.72. The van der Waals surface area contributed by atoms with Crippen LogP contribution in [0.15, 0.2) is 35.1 Å². The van der Waals surface area contributed by atoms with Crippen molar-refractivity contribution in [3.05, 3.63) is 86.3 Å². The molecular weight excluding hydrogens is 523 g/mol. The molecule has 1 saturated carbocycles. The monoisotopic (exact) mass is 543 g/mol. The van der Waals surface area contributed by atoms with Crippen LogP contribution in [-0.2, 0) is 28.9 Å². The van der Waals surface area contributed by atoms with Crippen molar-refractivity contribution in [2.24, 2.45) is 5.92 Å². The maximum absolute atomic E-state index is 15.3. The van der Waals surface area contributed by atoms with E-state index >= 15 is 4.39 Å². The van der Waals surface area contributed by atoms with Crippen molar-refractivity contribution in [2.75, 3.05) is 0 Å². The van der Waals surface area contributed by atoms with Crippen molar-refractivity contribution in [1.29, 1.82) is 0 Å². The van der Waals surface area contributed by atoms with Crippen LogP contribution in [-0.4, -0.2) is 22.0 Å². The molecule has 0 spiro atoms. The Labute approximate surface area is 210 Å². The minimum atomic E-state index is -5.01. The number of hydrogen-bond acceptors (Lipinski definition) is 4. The van der Waals surface area contributed by atoms with Crippen molar-refractivity contribution in [3.8, 4) is 11.4 Å². The number of carbonyl (C=O) groups excluding carboxylic acids is 1. The maximum Gasteiger partial charge on any atom is 0.417 e. The van der Waals surface area contributed by atoms with Crippen molar-refractivity contribution < 1.29 is 40.3 Å². The van der Waals surface area contributed by atoms with Gasteiger partial charge in [-0.2, -0.15) is 17.6 Å². The Balaban J connectivity index is 1.42. The smallest absolute Gasteiger partial charge is 0.373 e. The van der Waals surface area contributed by atoms with E-state index in [2.05, 4.69) is 10.3 Å². The molecule has 0 unspecified atom stereocenters. The van der Waals surface area contributed by atoms with Gasteiger partial charge in [-0.15, -0.1) is 0 Å².